The predicted octanol–water partition coefficient (Wildman–Crippen LogP) is 2.28. The van der Waals surface area contributed by atoms with Crippen LogP contribution in [0.25, 0.3) is 0 Å². The normalized spacial score (nSPS) is 23.6. The molecule has 0 radical (unpaired) electrons. The minimum atomic E-state index is -0.135. The van der Waals surface area contributed by atoms with Crippen molar-refractivity contribution in [3.05, 3.63) is 35.6 Å². The van der Waals surface area contributed by atoms with Gasteiger partial charge in [0.05, 0.1) is 5.71 Å². The fourth-order valence-electron chi connectivity index (χ4n) is 2.07. The van der Waals surface area contributed by atoms with Crippen LogP contribution in [0.4, 0.5) is 0 Å². The fraction of sp³-hybridized carbons (Fsp3) is 0.357. The van der Waals surface area contributed by atoms with Gasteiger partial charge in [-0.15, -0.1) is 0 Å². The van der Waals surface area contributed by atoms with E-state index in [2.05, 4.69) is 26.2 Å². The number of aliphatic imine (C=N–C) groups is 1. The molecule has 0 aromatic carbocycles. The quantitative estimate of drug-likeness (QED) is 0.810. The smallest absolute Gasteiger partial charge is 0.248 e. The van der Waals surface area contributed by atoms with Crippen LogP contribution >= 0.6 is 15.9 Å². The van der Waals surface area contributed by atoms with Crippen molar-refractivity contribution in [3.8, 4) is 0 Å². The van der Waals surface area contributed by atoms with E-state index in [-0.39, 0.29) is 17.7 Å². The number of rotatable bonds is 3. The summed E-state index contributed by atoms with van der Waals surface area (Å²) in [7, 11) is 0. The van der Waals surface area contributed by atoms with Gasteiger partial charge in [0, 0.05) is 29.4 Å². The summed E-state index contributed by atoms with van der Waals surface area (Å²) >= 11 is 3.28. The third-order valence-corrected chi connectivity index (χ3v) is 3.55. The maximum Gasteiger partial charge on any atom is 0.248 e. The summed E-state index contributed by atoms with van der Waals surface area (Å²) in [6.45, 7) is 1.92. The van der Waals surface area contributed by atoms with Crippen molar-refractivity contribution >= 4 is 33.5 Å². The molecule has 0 saturated heterocycles. The Hall–Kier alpha value is -1.49. The monoisotopic (exact) mass is 322 g/mol. The zero-order valence-corrected chi connectivity index (χ0v) is 12.2. The second kappa shape index (κ2) is 6.10. The molecule has 5 heteroatoms. The van der Waals surface area contributed by atoms with E-state index >= 15 is 0 Å². The first-order valence-electron chi connectivity index (χ1n) is 6.16. The highest BCUT2D eigenvalue weighted by Gasteiger charge is 2.23. The van der Waals surface area contributed by atoms with Gasteiger partial charge in [-0.25, -0.2) is 4.99 Å². The first kappa shape index (κ1) is 13.9. The molecule has 2 aliphatic rings. The van der Waals surface area contributed by atoms with E-state index in [0.717, 1.165) is 23.0 Å². The molecule has 19 heavy (non-hydrogen) atoms. The van der Waals surface area contributed by atoms with E-state index in [9.17, 15) is 9.59 Å². The molecule has 100 valence electrons. The Morgan fingerprint density at radius 1 is 1.47 bits per heavy atom. The van der Waals surface area contributed by atoms with Crippen LogP contribution in [0.5, 0.6) is 0 Å². The molecule has 0 aromatic heterocycles. The van der Waals surface area contributed by atoms with Crippen molar-refractivity contribution in [2.45, 2.75) is 19.8 Å². The number of alkyl halides is 1. The van der Waals surface area contributed by atoms with Gasteiger partial charge in [0.15, 0.2) is 0 Å². The largest absolute Gasteiger partial charge is 0.325 e. The van der Waals surface area contributed by atoms with Gasteiger partial charge in [0.2, 0.25) is 11.8 Å². The first-order chi connectivity index (χ1) is 9.10. The third kappa shape index (κ3) is 3.50. The average molecular weight is 323 g/mol. The predicted molar refractivity (Wildman–Crippen MR) is 78.1 cm³/mol. The summed E-state index contributed by atoms with van der Waals surface area (Å²) in [6.07, 6.45) is 8.35. The SMILES string of the molecule is CC1=CC(=O)NC2=CC(=NC(=O)CCCBr)C=CC12. The Bertz CT molecular complexity index is 530. The molecule has 0 fully saturated rings. The summed E-state index contributed by atoms with van der Waals surface area (Å²) < 4.78 is 0. The lowest BCUT2D eigenvalue weighted by molar-refractivity contribution is -0.118. The molecular weight excluding hydrogens is 308 g/mol. The van der Waals surface area contributed by atoms with E-state index in [1.165, 1.54) is 0 Å². The van der Waals surface area contributed by atoms with Gasteiger partial charge in [0.1, 0.15) is 0 Å². The fourth-order valence-corrected chi connectivity index (χ4v) is 2.35. The highest BCUT2D eigenvalue weighted by molar-refractivity contribution is 9.09. The lowest BCUT2D eigenvalue weighted by Crippen LogP contribution is -2.32. The van der Waals surface area contributed by atoms with Crippen molar-refractivity contribution in [1.82, 2.24) is 5.32 Å². The summed E-state index contributed by atoms with van der Waals surface area (Å²) in [5, 5.41) is 3.58. The summed E-state index contributed by atoms with van der Waals surface area (Å²) in [6, 6.07) is 0. The van der Waals surface area contributed by atoms with E-state index in [4.69, 9.17) is 0 Å². The van der Waals surface area contributed by atoms with E-state index in [1.54, 1.807) is 12.2 Å². The number of nitrogens with zero attached hydrogens (tertiary/aromatic N) is 1. The molecule has 2 amide bonds. The van der Waals surface area contributed by atoms with E-state index in [0.29, 0.717) is 12.1 Å². The maximum atomic E-state index is 11.6. The molecule has 1 heterocycles. The highest BCUT2D eigenvalue weighted by Crippen LogP contribution is 2.26. The molecule has 0 spiro atoms. The molecule has 1 unspecified atom stereocenters. The number of carbonyl (C=O) groups excluding carboxylic acids is 2. The Balaban J connectivity index is 2.14. The molecule has 1 N–H and O–H groups in total. The molecule has 2 rings (SSSR count). The molecular formula is C14H15BrN2O2. The number of amides is 2. The first-order valence-corrected chi connectivity index (χ1v) is 7.29. The number of hydrogen-bond donors (Lipinski definition) is 1. The number of halogens is 1. The lowest BCUT2D eigenvalue weighted by Gasteiger charge is -2.25. The maximum absolute atomic E-state index is 11.6. The number of carbonyl (C=O) groups is 2. The third-order valence-electron chi connectivity index (χ3n) is 2.99. The van der Waals surface area contributed by atoms with Crippen LogP contribution in [-0.4, -0.2) is 22.9 Å². The van der Waals surface area contributed by atoms with Crippen LogP contribution in [0.15, 0.2) is 40.6 Å². The van der Waals surface area contributed by atoms with Crippen LogP contribution in [0.1, 0.15) is 19.8 Å². The van der Waals surface area contributed by atoms with Crippen molar-refractivity contribution in [3.63, 3.8) is 0 Å². The van der Waals surface area contributed by atoms with Crippen molar-refractivity contribution in [2.24, 2.45) is 10.9 Å². The molecule has 1 aliphatic heterocycles. The van der Waals surface area contributed by atoms with Crippen molar-refractivity contribution in [1.29, 1.82) is 0 Å². The van der Waals surface area contributed by atoms with Crippen LogP contribution in [0.2, 0.25) is 0 Å². The van der Waals surface area contributed by atoms with E-state index in [1.807, 2.05) is 19.1 Å². The zero-order chi connectivity index (χ0) is 13.8. The average Bonchev–Trinajstić information content (AvgIpc) is 2.35. The molecule has 4 nitrogen and oxygen atoms in total. The summed E-state index contributed by atoms with van der Waals surface area (Å²) in [4.78, 5) is 27.1. The van der Waals surface area contributed by atoms with Gasteiger partial charge >= 0.3 is 0 Å². The number of fused-ring (bicyclic) bond motifs is 1. The van der Waals surface area contributed by atoms with Gasteiger partial charge in [-0.2, -0.15) is 0 Å². The van der Waals surface area contributed by atoms with Gasteiger partial charge in [0.25, 0.3) is 0 Å². The minimum absolute atomic E-state index is 0.0919. The Morgan fingerprint density at radius 3 is 3.00 bits per heavy atom. The van der Waals surface area contributed by atoms with Crippen LogP contribution < -0.4 is 5.32 Å². The second-order valence-electron chi connectivity index (χ2n) is 4.54. The van der Waals surface area contributed by atoms with E-state index < -0.39 is 0 Å². The Kier molecular flexibility index (Phi) is 4.47. The van der Waals surface area contributed by atoms with Gasteiger partial charge in [-0.3, -0.25) is 9.59 Å². The van der Waals surface area contributed by atoms with Gasteiger partial charge in [-0.05, 0) is 25.5 Å². The van der Waals surface area contributed by atoms with Crippen LogP contribution in [-0.2, 0) is 9.59 Å². The Morgan fingerprint density at radius 2 is 2.26 bits per heavy atom. The van der Waals surface area contributed by atoms with Crippen molar-refractivity contribution in [2.75, 3.05) is 5.33 Å². The minimum Gasteiger partial charge on any atom is -0.325 e. The van der Waals surface area contributed by atoms with Crippen LogP contribution in [0, 0.1) is 5.92 Å². The second-order valence-corrected chi connectivity index (χ2v) is 5.33. The molecule has 0 aromatic rings. The van der Waals surface area contributed by atoms with Gasteiger partial charge < -0.3 is 5.32 Å². The number of nitrogens with one attached hydrogen (secondary N) is 1. The molecule has 1 aliphatic carbocycles. The van der Waals surface area contributed by atoms with Gasteiger partial charge in [-0.1, -0.05) is 27.6 Å². The number of allylic oxidation sites excluding steroid dienone is 3. The zero-order valence-electron chi connectivity index (χ0n) is 10.6. The molecule has 0 bridgehead atoms. The van der Waals surface area contributed by atoms with Crippen LogP contribution in [0.3, 0.4) is 0 Å². The van der Waals surface area contributed by atoms with Crippen molar-refractivity contribution < 1.29 is 9.59 Å². The lowest BCUT2D eigenvalue weighted by atomic mass is 9.89. The molecule has 0 saturated carbocycles. The topological polar surface area (TPSA) is 58.5 Å². The standard InChI is InChI=1S/C14H15BrN2O2/c1-9-7-14(19)17-12-8-10(4-5-11(9)12)16-13(18)3-2-6-15/h4-5,7-8,11H,2-3,6H2,1H3,(H,17,19). The number of hydrogen-bond acceptors (Lipinski definition) is 2. The molecule has 1 atom stereocenters. The highest BCUT2D eigenvalue weighted by atomic mass is 79.9. The Labute approximate surface area is 120 Å². The summed E-state index contributed by atoms with van der Waals surface area (Å²) in [5.41, 5.74) is 2.39. The summed E-state index contributed by atoms with van der Waals surface area (Å²) in [5.74, 6) is -0.168.